The predicted octanol–water partition coefficient (Wildman–Crippen LogP) is 5.60. The van der Waals surface area contributed by atoms with E-state index in [1.807, 2.05) is 42.2 Å². The molecule has 0 fully saturated rings. The molecule has 0 saturated heterocycles. The van der Waals surface area contributed by atoms with Gasteiger partial charge in [0, 0.05) is 16.8 Å². The second kappa shape index (κ2) is 10.4. The number of carbonyl (C=O) groups is 2. The molecule has 0 saturated carbocycles. The molecule has 1 N–H and O–H groups in total. The molecule has 1 aliphatic heterocycles. The third-order valence-corrected chi connectivity index (χ3v) is 6.14. The molecule has 1 aliphatic rings. The molecular weight excluding hydrogens is 428 g/mol. The van der Waals surface area contributed by atoms with Crippen molar-refractivity contribution in [1.82, 2.24) is 4.90 Å². The van der Waals surface area contributed by atoms with Crippen LogP contribution in [0.1, 0.15) is 54.2 Å². The van der Waals surface area contributed by atoms with E-state index < -0.39 is 6.10 Å². The van der Waals surface area contributed by atoms with Crippen LogP contribution in [-0.2, 0) is 11.3 Å². The van der Waals surface area contributed by atoms with Crippen molar-refractivity contribution >= 4 is 17.5 Å². The van der Waals surface area contributed by atoms with Gasteiger partial charge < -0.3 is 19.7 Å². The van der Waals surface area contributed by atoms with Crippen molar-refractivity contribution in [2.75, 3.05) is 12.4 Å². The highest BCUT2D eigenvalue weighted by molar-refractivity contribution is 6.04. The van der Waals surface area contributed by atoms with Crippen molar-refractivity contribution in [3.8, 4) is 11.5 Å². The van der Waals surface area contributed by atoms with Gasteiger partial charge in [0.1, 0.15) is 11.5 Å². The molecule has 0 bridgehead atoms. The number of nitrogens with zero attached hydrogens (tertiary/aromatic N) is 1. The summed E-state index contributed by atoms with van der Waals surface area (Å²) in [6.45, 7) is 4.45. The number of ether oxygens (including phenoxy) is 2. The molecule has 2 atom stereocenters. The summed E-state index contributed by atoms with van der Waals surface area (Å²) in [6, 6.07) is 22.5. The lowest BCUT2D eigenvalue weighted by atomic mass is 10.0. The zero-order valence-corrected chi connectivity index (χ0v) is 19.8. The highest BCUT2D eigenvalue weighted by Crippen LogP contribution is 2.35. The highest BCUT2D eigenvalue weighted by atomic mass is 16.5. The number of methoxy groups -OCH3 is 1. The molecule has 3 aromatic carbocycles. The molecule has 1 heterocycles. The maximum atomic E-state index is 13.4. The standard InChI is InChI=1S/C28H30N2O4/c1-4-24(19-10-7-6-8-11-19)30-18-21-16-22(14-15-26(21)34-25(5-2)28(30)32)29-27(31)20-12-9-13-23(17-20)33-3/h6-17,24-25H,4-5,18H2,1-3H3,(H,29,31)/t24-,25+/m0/s1. The summed E-state index contributed by atoms with van der Waals surface area (Å²) >= 11 is 0. The number of nitrogens with one attached hydrogen (secondary N) is 1. The lowest BCUT2D eigenvalue weighted by molar-refractivity contribution is -0.141. The first-order valence-corrected chi connectivity index (χ1v) is 11.6. The van der Waals surface area contributed by atoms with E-state index in [0.29, 0.717) is 35.7 Å². The van der Waals surface area contributed by atoms with Crippen LogP contribution in [0.4, 0.5) is 5.69 Å². The van der Waals surface area contributed by atoms with E-state index in [4.69, 9.17) is 9.47 Å². The van der Waals surface area contributed by atoms with Gasteiger partial charge in [0.2, 0.25) is 0 Å². The van der Waals surface area contributed by atoms with E-state index in [9.17, 15) is 9.59 Å². The lowest BCUT2D eigenvalue weighted by Crippen LogP contribution is -2.41. The average Bonchev–Trinajstić information content (AvgIpc) is 3.01. The van der Waals surface area contributed by atoms with Crippen LogP contribution < -0.4 is 14.8 Å². The number of hydrogen-bond acceptors (Lipinski definition) is 4. The molecule has 0 aliphatic carbocycles. The molecule has 6 nitrogen and oxygen atoms in total. The quantitative estimate of drug-likeness (QED) is 0.501. The zero-order chi connectivity index (χ0) is 24.1. The number of amides is 2. The van der Waals surface area contributed by atoms with Gasteiger partial charge >= 0.3 is 0 Å². The highest BCUT2D eigenvalue weighted by Gasteiger charge is 2.34. The number of benzene rings is 3. The largest absolute Gasteiger partial charge is 0.497 e. The van der Waals surface area contributed by atoms with Crippen LogP contribution >= 0.6 is 0 Å². The lowest BCUT2D eigenvalue weighted by Gasteiger charge is -2.32. The number of fused-ring (bicyclic) bond motifs is 1. The second-order valence-corrected chi connectivity index (χ2v) is 8.32. The Morgan fingerprint density at radius 1 is 1.09 bits per heavy atom. The van der Waals surface area contributed by atoms with Gasteiger partial charge in [0.05, 0.1) is 19.7 Å². The molecule has 6 heteroatoms. The van der Waals surface area contributed by atoms with Crippen LogP contribution in [0.2, 0.25) is 0 Å². The first-order chi connectivity index (χ1) is 16.5. The Labute approximate surface area is 200 Å². The van der Waals surface area contributed by atoms with Crippen LogP contribution in [-0.4, -0.2) is 29.9 Å². The summed E-state index contributed by atoms with van der Waals surface area (Å²) in [5.74, 6) is 1.04. The third-order valence-electron chi connectivity index (χ3n) is 6.14. The molecule has 0 aromatic heterocycles. The summed E-state index contributed by atoms with van der Waals surface area (Å²) in [4.78, 5) is 28.2. The molecule has 0 spiro atoms. The van der Waals surface area contributed by atoms with Gasteiger partial charge in [0.25, 0.3) is 11.8 Å². The number of anilines is 1. The Morgan fingerprint density at radius 2 is 1.88 bits per heavy atom. The average molecular weight is 459 g/mol. The van der Waals surface area contributed by atoms with E-state index in [1.54, 1.807) is 37.4 Å². The number of rotatable bonds is 7. The smallest absolute Gasteiger partial charge is 0.264 e. The summed E-state index contributed by atoms with van der Waals surface area (Å²) < 4.78 is 11.4. The van der Waals surface area contributed by atoms with E-state index in [2.05, 4.69) is 24.4 Å². The maximum Gasteiger partial charge on any atom is 0.264 e. The number of carbonyl (C=O) groups excluding carboxylic acids is 2. The van der Waals surface area contributed by atoms with E-state index in [-0.39, 0.29) is 17.9 Å². The second-order valence-electron chi connectivity index (χ2n) is 8.32. The van der Waals surface area contributed by atoms with Gasteiger partial charge in [-0.1, -0.05) is 50.2 Å². The van der Waals surface area contributed by atoms with Gasteiger partial charge in [-0.15, -0.1) is 0 Å². The fourth-order valence-corrected chi connectivity index (χ4v) is 4.35. The SMILES string of the molecule is CC[C@H]1Oc2ccc(NC(=O)c3cccc(OC)c3)cc2CN([C@@H](CC)c2ccccc2)C1=O. The van der Waals surface area contributed by atoms with Crippen molar-refractivity contribution in [2.24, 2.45) is 0 Å². The first-order valence-electron chi connectivity index (χ1n) is 11.6. The molecular formula is C28H30N2O4. The van der Waals surface area contributed by atoms with Crippen molar-refractivity contribution in [3.05, 3.63) is 89.5 Å². The van der Waals surface area contributed by atoms with Gasteiger partial charge in [-0.2, -0.15) is 0 Å². The van der Waals surface area contributed by atoms with Gasteiger partial charge in [-0.3, -0.25) is 9.59 Å². The normalized spacial score (nSPS) is 16.1. The minimum atomic E-state index is -0.545. The van der Waals surface area contributed by atoms with Crippen LogP contribution in [0.5, 0.6) is 11.5 Å². The Kier molecular flexibility index (Phi) is 7.16. The summed E-state index contributed by atoms with van der Waals surface area (Å²) in [7, 11) is 1.57. The predicted molar refractivity (Wildman–Crippen MR) is 132 cm³/mol. The van der Waals surface area contributed by atoms with Crippen molar-refractivity contribution in [3.63, 3.8) is 0 Å². The van der Waals surface area contributed by atoms with Crippen LogP contribution in [0.3, 0.4) is 0 Å². The van der Waals surface area contributed by atoms with Crippen LogP contribution in [0.15, 0.2) is 72.8 Å². The fraction of sp³-hybridized carbons (Fsp3) is 0.286. The first kappa shape index (κ1) is 23.4. The van der Waals surface area contributed by atoms with Crippen LogP contribution in [0.25, 0.3) is 0 Å². The minimum absolute atomic E-state index is 0.0173. The molecule has 176 valence electrons. The molecule has 0 unspecified atom stereocenters. The third kappa shape index (κ3) is 4.91. The Hall–Kier alpha value is -3.80. The van der Waals surface area contributed by atoms with Crippen LogP contribution in [0, 0.1) is 0 Å². The fourth-order valence-electron chi connectivity index (χ4n) is 4.35. The maximum absolute atomic E-state index is 13.4. The minimum Gasteiger partial charge on any atom is -0.497 e. The monoisotopic (exact) mass is 458 g/mol. The van der Waals surface area contributed by atoms with Gasteiger partial charge in [0.15, 0.2) is 6.10 Å². The molecule has 2 amide bonds. The van der Waals surface area contributed by atoms with Crippen molar-refractivity contribution < 1.29 is 19.1 Å². The van der Waals surface area contributed by atoms with Crippen molar-refractivity contribution in [1.29, 1.82) is 0 Å². The van der Waals surface area contributed by atoms with Gasteiger partial charge in [-0.25, -0.2) is 0 Å². The number of hydrogen-bond donors (Lipinski definition) is 1. The summed E-state index contributed by atoms with van der Waals surface area (Å²) in [6.07, 6.45) is 0.818. The van der Waals surface area contributed by atoms with E-state index in [1.165, 1.54) is 0 Å². The Balaban J connectivity index is 1.63. The van der Waals surface area contributed by atoms with Crippen molar-refractivity contribution in [2.45, 2.75) is 45.4 Å². The van der Waals surface area contributed by atoms with E-state index >= 15 is 0 Å². The Bertz CT molecular complexity index is 1160. The zero-order valence-electron chi connectivity index (χ0n) is 19.8. The molecule has 3 aromatic rings. The summed E-state index contributed by atoms with van der Waals surface area (Å²) in [5.41, 5.74) is 3.11. The topological polar surface area (TPSA) is 67.9 Å². The Morgan fingerprint density at radius 3 is 2.59 bits per heavy atom. The molecule has 34 heavy (non-hydrogen) atoms. The van der Waals surface area contributed by atoms with E-state index in [0.717, 1.165) is 17.5 Å². The molecule has 4 rings (SSSR count). The molecule has 0 radical (unpaired) electrons. The van der Waals surface area contributed by atoms with Gasteiger partial charge in [-0.05, 0) is 54.8 Å². The summed E-state index contributed by atoms with van der Waals surface area (Å²) in [5, 5.41) is 2.95.